The summed E-state index contributed by atoms with van der Waals surface area (Å²) in [6.45, 7) is 2.78. The van der Waals surface area contributed by atoms with E-state index in [0.717, 1.165) is 68.1 Å². The van der Waals surface area contributed by atoms with Crippen LogP contribution in [0.1, 0.15) is 59.2 Å². The van der Waals surface area contributed by atoms with Crippen molar-refractivity contribution in [1.82, 2.24) is 9.80 Å². The Morgan fingerprint density at radius 1 is 1.03 bits per heavy atom. The van der Waals surface area contributed by atoms with Crippen LogP contribution in [-0.4, -0.2) is 42.1 Å². The molecule has 0 aromatic heterocycles. The first kappa shape index (κ1) is 21.8. The van der Waals surface area contributed by atoms with Gasteiger partial charge in [-0.3, -0.25) is 9.69 Å². The van der Waals surface area contributed by atoms with Gasteiger partial charge >= 0.3 is 6.18 Å². The Balaban J connectivity index is 1.06. The molecule has 3 aliphatic heterocycles. The zero-order valence-electron chi connectivity index (χ0n) is 18.9. The SMILES string of the molecule is O=C1c2cc3c(cc2C2(CC2)N1CCC1CCN(Cc2ccccc2C(F)(F)F)CC1)OCO3. The Kier molecular flexibility index (Phi) is 5.06. The summed E-state index contributed by atoms with van der Waals surface area (Å²) in [5.74, 6) is 1.91. The molecule has 4 aliphatic rings. The van der Waals surface area contributed by atoms with Gasteiger partial charge in [-0.1, -0.05) is 18.2 Å². The topological polar surface area (TPSA) is 42.0 Å². The Morgan fingerprint density at radius 2 is 1.74 bits per heavy atom. The molecule has 180 valence electrons. The van der Waals surface area contributed by atoms with Crippen LogP contribution in [0.25, 0.3) is 0 Å². The predicted octanol–water partition coefficient (Wildman–Crippen LogP) is 5.18. The molecule has 1 saturated carbocycles. The number of benzene rings is 2. The van der Waals surface area contributed by atoms with Crippen LogP contribution < -0.4 is 9.47 Å². The van der Waals surface area contributed by atoms with Crippen LogP contribution >= 0.6 is 0 Å². The molecule has 0 radical (unpaired) electrons. The van der Waals surface area contributed by atoms with Crippen LogP contribution in [0.2, 0.25) is 0 Å². The van der Waals surface area contributed by atoms with Crippen molar-refractivity contribution in [3.63, 3.8) is 0 Å². The van der Waals surface area contributed by atoms with Crippen LogP contribution in [0.4, 0.5) is 13.2 Å². The molecule has 0 atom stereocenters. The molecule has 8 heteroatoms. The second-order valence-electron chi connectivity index (χ2n) is 9.90. The number of alkyl halides is 3. The summed E-state index contributed by atoms with van der Waals surface area (Å²) >= 11 is 0. The monoisotopic (exact) mass is 472 g/mol. The molecule has 3 heterocycles. The Hall–Kier alpha value is -2.74. The van der Waals surface area contributed by atoms with Gasteiger partial charge in [-0.25, -0.2) is 0 Å². The highest BCUT2D eigenvalue weighted by molar-refractivity contribution is 6.01. The van der Waals surface area contributed by atoms with E-state index < -0.39 is 11.7 Å². The number of amides is 1. The van der Waals surface area contributed by atoms with Crippen molar-refractivity contribution >= 4 is 5.91 Å². The number of nitrogens with zero attached hydrogens (tertiary/aromatic N) is 2. The van der Waals surface area contributed by atoms with Gasteiger partial charge in [-0.2, -0.15) is 13.2 Å². The molecule has 0 bridgehead atoms. The lowest BCUT2D eigenvalue weighted by Gasteiger charge is -2.34. The number of fused-ring (bicyclic) bond motifs is 3. The predicted molar refractivity (Wildman–Crippen MR) is 119 cm³/mol. The van der Waals surface area contributed by atoms with E-state index in [4.69, 9.17) is 9.47 Å². The molecule has 2 fully saturated rings. The van der Waals surface area contributed by atoms with Crippen LogP contribution in [0.3, 0.4) is 0 Å². The van der Waals surface area contributed by atoms with Gasteiger partial charge in [0, 0.05) is 18.7 Å². The van der Waals surface area contributed by atoms with E-state index in [9.17, 15) is 18.0 Å². The maximum Gasteiger partial charge on any atom is 0.416 e. The number of carbonyl (C=O) groups excluding carboxylic acids is 1. The van der Waals surface area contributed by atoms with Gasteiger partial charge in [0.05, 0.1) is 11.1 Å². The molecule has 34 heavy (non-hydrogen) atoms. The fraction of sp³-hybridized carbons (Fsp3) is 0.500. The van der Waals surface area contributed by atoms with Gasteiger partial charge in [0.1, 0.15) is 0 Å². The minimum atomic E-state index is -4.33. The third kappa shape index (κ3) is 3.63. The van der Waals surface area contributed by atoms with E-state index in [0.29, 0.717) is 30.3 Å². The molecular formula is C26H27F3N2O3. The summed E-state index contributed by atoms with van der Waals surface area (Å²) in [6, 6.07) is 9.66. The molecular weight excluding hydrogens is 445 g/mol. The maximum atomic E-state index is 13.3. The van der Waals surface area contributed by atoms with Gasteiger partial charge in [0.25, 0.3) is 5.91 Å². The summed E-state index contributed by atoms with van der Waals surface area (Å²) in [7, 11) is 0. The van der Waals surface area contributed by atoms with Crippen LogP contribution in [0.15, 0.2) is 36.4 Å². The van der Waals surface area contributed by atoms with Crippen molar-refractivity contribution in [3.8, 4) is 11.5 Å². The van der Waals surface area contributed by atoms with Gasteiger partial charge in [0.15, 0.2) is 11.5 Å². The number of hydrogen-bond donors (Lipinski definition) is 0. The lowest BCUT2D eigenvalue weighted by molar-refractivity contribution is -0.138. The lowest BCUT2D eigenvalue weighted by atomic mass is 9.92. The van der Waals surface area contributed by atoms with Gasteiger partial charge in [-0.05, 0) is 80.4 Å². The Labute approximate surface area is 196 Å². The molecule has 0 N–H and O–H groups in total. The molecule has 2 aromatic carbocycles. The van der Waals surface area contributed by atoms with Crippen LogP contribution in [0, 0.1) is 5.92 Å². The smallest absolute Gasteiger partial charge is 0.416 e. The van der Waals surface area contributed by atoms with Crippen molar-refractivity contribution in [2.45, 2.75) is 50.4 Å². The Morgan fingerprint density at radius 3 is 2.44 bits per heavy atom. The lowest BCUT2D eigenvalue weighted by Crippen LogP contribution is -2.38. The summed E-state index contributed by atoms with van der Waals surface area (Å²) < 4.78 is 50.9. The first-order valence-corrected chi connectivity index (χ1v) is 12.0. The number of piperidine rings is 1. The molecule has 2 aromatic rings. The molecule has 1 amide bonds. The highest BCUT2D eigenvalue weighted by Crippen LogP contribution is 2.58. The number of hydrogen-bond acceptors (Lipinski definition) is 4. The quantitative estimate of drug-likeness (QED) is 0.601. The van der Waals surface area contributed by atoms with Crippen LogP contribution in [0.5, 0.6) is 11.5 Å². The first-order chi connectivity index (χ1) is 16.3. The van der Waals surface area contributed by atoms with E-state index in [-0.39, 0.29) is 18.2 Å². The van der Waals surface area contributed by atoms with Crippen molar-refractivity contribution < 1.29 is 27.4 Å². The minimum absolute atomic E-state index is 0.0759. The molecule has 1 spiro atoms. The average Bonchev–Trinajstić information content (AvgIpc) is 3.42. The largest absolute Gasteiger partial charge is 0.454 e. The summed E-state index contributed by atoms with van der Waals surface area (Å²) in [4.78, 5) is 17.4. The summed E-state index contributed by atoms with van der Waals surface area (Å²) in [5, 5.41) is 0. The zero-order valence-corrected chi connectivity index (χ0v) is 18.9. The van der Waals surface area contributed by atoms with Crippen molar-refractivity contribution in [1.29, 1.82) is 0 Å². The second kappa shape index (κ2) is 7.90. The van der Waals surface area contributed by atoms with Crippen LogP contribution in [-0.2, 0) is 18.3 Å². The van der Waals surface area contributed by atoms with Crippen molar-refractivity contribution in [2.24, 2.45) is 5.92 Å². The zero-order chi connectivity index (χ0) is 23.5. The number of carbonyl (C=O) groups is 1. The normalized spacial score (nSPS) is 21.4. The van der Waals surface area contributed by atoms with Gasteiger partial charge < -0.3 is 14.4 Å². The molecule has 5 nitrogen and oxygen atoms in total. The summed E-state index contributed by atoms with van der Waals surface area (Å²) in [5.41, 5.74) is 1.42. The van der Waals surface area contributed by atoms with E-state index in [1.54, 1.807) is 12.1 Å². The van der Waals surface area contributed by atoms with E-state index in [1.165, 1.54) is 6.07 Å². The third-order valence-electron chi connectivity index (χ3n) is 7.91. The number of rotatable bonds is 5. The number of ether oxygens (including phenoxy) is 2. The molecule has 1 aliphatic carbocycles. The van der Waals surface area contributed by atoms with Gasteiger partial charge in [-0.15, -0.1) is 0 Å². The molecule has 0 unspecified atom stereocenters. The Bertz CT molecular complexity index is 1120. The standard InChI is InChI=1S/C26H27F3N2O3/c27-26(28,29)20-4-2-1-3-18(20)15-30-10-5-17(6-11-30)7-12-31-24(32)19-13-22-23(34-16-33-22)14-21(19)25(31)8-9-25/h1-4,13-14,17H,5-12,15-16H2. The van der Waals surface area contributed by atoms with Crippen molar-refractivity contribution in [2.75, 3.05) is 26.4 Å². The minimum Gasteiger partial charge on any atom is -0.454 e. The number of likely N-dealkylation sites (tertiary alicyclic amines) is 1. The van der Waals surface area contributed by atoms with Gasteiger partial charge in [0.2, 0.25) is 6.79 Å². The fourth-order valence-corrected chi connectivity index (χ4v) is 5.88. The highest BCUT2D eigenvalue weighted by atomic mass is 19.4. The van der Waals surface area contributed by atoms with Crippen molar-refractivity contribution in [3.05, 3.63) is 58.7 Å². The fourth-order valence-electron chi connectivity index (χ4n) is 5.88. The summed E-state index contributed by atoms with van der Waals surface area (Å²) in [6.07, 6.45) is 0.413. The second-order valence-corrected chi connectivity index (χ2v) is 9.90. The van der Waals surface area contributed by atoms with E-state index in [1.807, 2.05) is 17.0 Å². The highest BCUT2D eigenvalue weighted by Gasteiger charge is 2.58. The number of halogens is 3. The van der Waals surface area contributed by atoms with E-state index >= 15 is 0 Å². The average molecular weight is 473 g/mol. The maximum absolute atomic E-state index is 13.3. The molecule has 6 rings (SSSR count). The first-order valence-electron chi connectivity index (χ1n) is 12.0. The molecule has 1 saturated heterocycles. The van der Waals surface area contributed by atoms with E-state index in [2.05, 4.69) is 4.90 Å². The third-order valence-corrected chi connectivity index (χ3v) is 7.91.